The molecule has 1 N–H and O–H groups in total. The highest BCUT2D eigenvalue weighted by Gasteiger charge is 2.34. The number of fused-ring (bicyclic) bond motifs is 1. The lowest BCUT2D eigenvalue weighted by Gasteiger charge is -2.41. The molecule has 2 nitrogen and oxygen atoms in total. The van der Waals surface area contributed by atoms with Crippen LogP contribution in [0.4, 0.5) is 0 Å². The average Bonchev–Trinajstić information content (AvgIpc) is 2.34. The van der Waals surface area contributed by atoms with Gasteiger partial charge in [0.05, 0.1) is 0 Å². The lowest BCUT2D eigenvalue weighted by molar-refractivity contribution is -0.137. The van der Waals surface area contributed by atoms with E-state index >= 15 is 0 Å². The number of unbranched alkanes of at least 4 members (excludes halogenated alkanes) is 1. The second kappa shape index (κ2) is 6.42. The molecule has 2 heteroatoms. The van der Waals surface area contributed by atoms with Crippen LogP contribution in [0.25, 0.3) is 0 Å². The van der Waals surface area contributed by atoms with E-state index in [0.717, 1.165) is 30.6 Å². The van der Waals surface area contributed by atoms with Crippen LogP contribution in [-0.4, -0.2) is 11.1 Å². The first-order chi connectivity index (χ1) is 8.27. The summed E-state index contributed by atoms with van der Waals surface area (Å²) in [6.45, 7) is 0. The number of carbonyl (C=O) groups is 1. The summed E-state index contributed by atoms with van der Waals surface area (Å²) >= 11 is 0. The van der Waals surface area contributed by atoms with Gasteiger partial charge in [0.15, 0.2) is 0 Å². The highest BCUT2D eigenvalue weighted by Crippen LogP contribution is 2.45. The molecule has 0 radical (unpaired) electrons. The number of rotatable bonds is 5. The molecule has 2 fully saturated rings. The SMILES string of the molecule is O=C(O)CCCC[C@@H]1CCC[C@H]2CCCC[C@H]12. The summed E-state index contributed by atoms with van der Waals surface area (Å²) in [4.78, 5) is 10.5. The van der Waals surface area contributed by atoms with Crippen molar-refractivity contribution in [2.24, 2.45) is 17.8 Å². The first-order valence-corrected chi connectivity index (χ1v) is 7.49. The van der Waals surface area contributed by atoms with Gasteiger partial charge in [0, 0.05) is 6.42 Å². The van der Waals surface area contributed by atoms with Crippen LogP contribution in [-0.2, 0) is 4.79 Å². The molecular weight excluding hydrogens is 212 g/mol. The van der Waals surface area contributed by atoms with Crippen molar-refractivity contribution in [1.29, 1.82) is 0 Å². The Morgan fingerprint density at radius 2 is 1.76 bits per heavy atom. The van der Waals surface area contributed by atoms with Crippen molar-refractivity contribution in [3.8, 4) is 0 Å². The topological polar surface area (TPSA) is 37.3 Å². The van der Waals surface area contributed by atoms with E-state index in [1.165, 1.54) is 51.4 Å². The van der Waals surface area contributed by atoms with E-state index < -0.39 is 5.97 Å². The van der Waals surface area contributed by atoms with E-state index in [4.69, 9.17) is 5.11 Å². The van der Waals surface area contributed by atoms with Crippen LogP contribution in [0.1, 0.15) is 70.6 Å². The summed E-state index contributed by atoms with van der Waals surface area (Å²) in [7, 11) is 0. The molecule has 0 spiro atoms. The minimum absolute atomic E-state index is 0.362. The Kier molecular flexibility index (Phi) is 4.87. The summed E-state index contributed by atoms with van der Waals surface area (Å²) in [5, 5.41) is 8.64. The number of aliphatic carboxylic acids is 1. The molecule has 0 heterocycles. The molecule has 2 rings (SSSR count). The second-order valence-corrected chi connectivity index (χ2v) is 6.04. The van der Waals surface area contributed by atoms with Crippen molar-refractivity contribution < 1.29 is 9.90 Å². The quantitative estimate of drug-likeness (QED) is 0.727. The van der Waals surface area contributed by atoms with Gasteiger partial charge in [0.2, 0.25) is 0 Å². The van der Waals surface area contributed by atoms with Gasteiger partial charge in [-0.3, -0.25) is 4.79 Å². The third-order valence-electron chi connectivity index (χ3n) is 4.94. The zero-order valence-corrected chi connectivity index (χ0v) is 10.9. The smallest absolute Gasteiger partial charge is 0.303 e. The van der Waals surface area contributed by atoms with Gasteiger partial charge in [-0.1, -0.05) is 51.4 Å². The van der Waals surface area contributed by atoms with Crippen molar-refractivity contribution >= 4 is 5.97 Å². The average molecular weight is 238 g/mol. The van der Waals surface area contributed by atoms with E-state index in [2.05, 4.69) is 0 Å². The fourth-order valence-corrected chi connectivity index (χ4v) is 4.11. The van der Waals surface area contributed by atoms with Crippen molar-refractivity contribution in [2.75, 3.05) is 0 Å². The van der Waals surface area contributed by atoms with E-state index in [9.17, 15) is 4.79 Å². The zero-order valence-electron chi connectivity index (χ0n) is 10.9. The van der Waals surface area contributed by atoms with Crippen molar-refractivity contribution in [1.82, 2.24) is 0 Å². The van der Waals surface area contributed by atoms with Gasteiger partial charge in [0.1, 0.15) is 0 Å². The van der Waals surface area contributed by atoms with Crippen LogP contribution in [0.2, 0.25) is 0 Å². The molecular formula is C15H26O2. The summed E-state index contributed by atoms with van der Waals surface area (Å²) in [6, 6.07) is 0. The summed E-state index contributed by atoms with van der Waals surface area (Å²) in [6.07, 6.45) is 13.8. The molecule has 0 aliphatic heterocycles. The summed E-state index contributed by atoms with van der Waals surface area (Å²) in [5.41, 5.74) is 0. The minimum atomic E-state index is -0.635. The predicted octanol–water partition coefficient (Wildman–Crippen LogP) is 4.24. The van der Waals surface area contributed by atoms with Crippen LogP contribution < -0.4 is 0 Å². The van der Waals surface area contributed by atoms with Gasteiger partial charge >= 0.3 is 5.97 Å². The maximum absolute atomic E-state index is 10.5. The third-order valence-corrected chi connectivity index (χ3v) is 4.94. The van der Waals surface area contributed by atoms with E-state index in [1.807, 2.05) is 0 Å². The lowest BCUT2D eigenvalue weighted by Crippen LogP contribution is -2.30. The molecule has 0 aromatic rings. The fourth-order valence-electron chi connectivity index (χ4n) is 4.11. The van der Waals surface area contributed by atoms with Crippen molar-refractivity contribution in [3.63, 3.8) is 0 Å². The molecule has 98 valence electrons. The largest absolute Gasteiger partial charge is 0.481 e. The van der Waals surface area contributed by atoms with Gasteiger partial charge in [-0.05, 0) is 30.6 Å². The fraction of sp³-hybridized carbons (Fsp3) is 0.933. The van der Waals surface area contributed by atoms with Gasteiger partial charge in [-0.25, -0.2) is 0 Å². The molecule has 0 bridgehead atoms. The van der Waals surface area contributed by atoms with Crippen LogP contribution in [0.5, 0.6) is 0 Å². The number of hydrogen-bond donors (Lipinski definition) is 1. The maximum Gasteiger partial charge on any atom is 0.303 e. The van der Waals surface area contributed by atoms with Gasteiger partial charge in [0.25, 0.3) is 0 Å². The van der Waals surface area contributed by atoms with E-state index in [0.29, 0.717) is 6.42 Å². The Bertz CT molecular complexity index is 247. The summed E-state index contributed by atoms with van der Waals surface area (Å²) in [5.74, 6) is 2.29. The van der Waals surface area contributed by atoms with E-state index in [-0.39, 0.29) is 0 Å². The van der Waals surface area contributed by atoms with Gasteiger partial charge in [-0.15, -0.1) is 0 Å². The van der Waals surface area contributed by atoms with Gasteiger partial charge < -0.3 is 5.11 Å². The highest BCUT2D eigenvalue weighted by atomic mass is 16.4. The second-order valence-electron chi connectivity index (χ2n) is 6.04. The van der Waals surface area contributed by atoms with Gasteiger partial charge in [-0.2, -0.15) is 0 Å². The Labute approximate surface area is 105 Å². The molecule has 3 atom stereocenters. The zero-order chi connectivity index (χ0) is 12.1. The molecule has 2 saturated carbocycles. The molecule has 0 aromatic heterocycles. The van der Waals surface area contributed by atoms with E-state index in [1.54, 1.807) is 0 Å². The van der Waals surface area contributed by atoms with Crippen LogP contribution in [0, 0.1) is 17.8 Å². The molecule has 0 aromatic carbocycles. The molecule has 17 heavy (non-hydrogen) atoms. The number of carboxylic acids is 1. The Balaban J connectivity index is 1.73. The van der Waals surface area contributed by atoms with Crippen LogP contribution in [0.3, 0.4) is 0 Å². The van der Waals surface area contributed by atoms with Crippen molar-refractivity contribution in [3.05, 3.63) is 0 Å². The number of carboxylic acid groups (broad SMARTS) is 1. The van der Waals surface area contributed by atoms with Crippen LogP contribution >= 0.6 is 0 Å². The highest BCUT2D eigenvalue weighted by molar-refractivity contribution is 5.66. The third kappa shape index (κ3) is 3.72. The monoisotopic (exact) mass is 238 g/mol. The van der Waals surface area contributed by atoms with Crippen molar-refractivity contribution in [2.45, 2.75) is 70.6 Å². The predicted molar refractivity (Wildman–Crippen MR) is 68.9 cm³/mol. The normalized spacial score (nSPS) is 33.1. The lowest BCUT2D eigenvalue weighted by atomic mass is 9.64. The standard InChI is InChI=1S/C15H26O2/c16-15(17)11-4-2-7-13-9-5-8-12-6-1-3-10-14(12)13/h12-14H,1-11H2,(H,16,17)/t12-,13-,14+/m1/s1. The molecule has 2 aliphatic rings. The summed E-state index contributed by atoms with van der Waals surface area (Å²) < 4.78 is 0. The Morgan fingerprint density at radius 3 is 2.59 bits per heavy atom. The number of hydrogen-bond acceptors (Lipinski definition) is 1. The first-order valence-electron chi connectivity index (χ1n) is 7.49. The molecule has 2 aliphatic carbocycles. The van der Waals surface area contributed by atoms with Crippen LogP contribution in [0.15, 0.2) is 0 Å². The first kappa shape index (κ1) is 12.9. The minimum Gasteiger partial charge on any atom is -0.481 e. The molecule has 0 saturated heterocycles. The molecule has 0 unspecified atom stereocenters. The maximum atomic E-state index is 10.5. The Morgan fingerprint density at radius 1 is 1.00 bits per heavy atom. The molecule has 0 amide bonds. The Hall–Kier alpha value is -0.530.